The standard InChI is InChI=1S/C15H23NO/c1-3-13-7-6-10-16(11-13)12(2)14-8-4-5-9-15(14)17/h4-5,8-9,12-13,17H,3,6-7,10-11H2,1-2H3. The van der Waals surface area contributed by atoms with E-state index in [4.69, 9.17) is 0 Å². The predicted molar refractivity (Wildman–Crippen MR) is 71.1 cm³/mol. The first-order valence-corrected chi connectivity index (χ1v) is 6.74. The summed E-state index contributed by atoms with van der Waals surface area (Å²) in [5.41, 5.74) is 1.06. The van der Waals surface area contributed by atoms with Gasteiger partial charge in [-0.25, -0.2) is 0 Å². The number of phenolic OH excluding ortho intramolecular Hbond substituents is 1. The van der Waals surface area contributed by atoms with Crippen molar-refractivity contribution < 1.29 is 5.11 Å². The summed E-state index contributed by atoms with van der Waals surface area (Å²) in [4.78, 5) is 2.51. The van der Waals surface area contributed by atoms with E-state index in [1.807, 2.05) is 18.2 Å². The van der Waals surface area contributed by atoms with Gasteiger partial charge in [-0.3, -0.25) is 4.90 Å². The van der Waals surface area contributed by atoms with E-state index >= 15 is 0 Å². The van der Waals surface area contributed by atoms with Gasteiger partial charge in [-0.1, -0.05) is 31.5 Å². The lowest BCUT2D eigenvalue weighted by molar-refractivity contribution is 0.128. The number of hydrogen-bond donors (Lipinski definition) is 1. The maximum absolute atomic E-state index is 9.91. The van der Waals surface area contributed by atoms with Crippen molar-refractivity contribution in [2.24, 2.45) is 5.92 Å². The molecule has 17 heavy (non-hydrogen) atoms. The van der Waals surface area contributed by atoms with E-state index in [9.17, 15) is 5.11 Å². The van der Waals surface area contributed by atoms with Gasteiger partial charge in [0.25, 0.3) is 0 Å². The van der Waals surface area contributed by atoms with Crippen molar-refractivity contribution in [3.05, 3.63) is 29.8 Å². The number of rotatable bonds is 3. The second-order valence-corrected chi connectivity index (χ2v) is 5.15. The lowest BCUT2D eigenvalue weighted by atomic mass is 9.93. The number of phenols is 1. The van der Waals surface area contributed by atoms with Gasteiger partial charge in [0.2, 0.25) is 0 Å². The SMILES string of the molecule is CCC1CCCN(C(C)c2ccccc2O)C1. The first-order valence-electron chi connectivity index (χ1n) is 6.74. The molecule has 0 spiro atoms. The van der Waals surface area contributed by atoms with Gasteiger partial charge in [0.05, 0.1) is 0 Å². The quantitative estimate of drug-likeness (QED) is 0.862. The highest BCUT2D eigenvalue weighted by Crippen LogP contribution is 2.31. The summed E-state index contributed by atoms with van der Waals surface area (Å²) < 4.78 is 0. The minimum atomic E-state index is 0.325. The monoisotopic (exact) mass is 233 g/mol. The fraction of sp³-hybridized carbons (Fsp3) is 0.600. The van der Waals surface area contributed by atoms with Crippen LogP contribution in [0.4, 0.5) is 0 Å². The molecule has 2 unspecified atom stereocenters. The molecule has 0 radical (unpaired) electrons. The third-order valence-corrected chi connectivity index (χ3v) is 4.06. The van der Waals surface area contributed by atoms with E-state index < -0.39 is 0 Å². The van der Waals surface area contributed by atoms with Crippen molar-refractivity contribution in [2.45, 2.75) is 39.2 Å². The van der Waals surface area contributed by atoms with Crippen LogP contribution in [-0.4, -0.2) is 23.1 Å². The Morgan fingerprint density at radius 2 is 2.18 bits per heavy atom. The third-order valence-electron chi connectivity index (χ3n) is 4.06. The molecular formula is C15H23NO. The second-order valence-electron chi connectivity index (χ2n) is 5.15. The molecular weight excluding hydrogens is 210 g/mol. The molecule has 2 nitrogen and oxygen atoms in total. The number of para-hydroxylation sites is 1. The van der Waals surface area contributed by atoms with Crippen molar-refractivity contribution in [1.82, 2.24) is 4.90 Å². The Morgan fingerprint density at radius 1 is 1.41 bits per heavy atom. The molecule has 1 aliphatic rings. The van der Waals surface area contributed by atoms with E-state index in [1.165, 1.54) is 25.8 Å². The Morgan fingerprint density at radius 3 is 2.88 bits per heavy atom. The molecule has 94 valence electrons. The third kappa shape index (κ3) is 2.81. The molecule has 0 amide bonds. The summed E-state index contributed by atoms with van der Waals surface area (Å²) in [5, 5.41) is 9.91. The van der Waals surface area contributed by atoms with Gasteiger partial charge >= 0.3 is 0 Å². The van der Waals surface area contributed by atoms with Crippen LogP contribution in [0.25, 0.3) is 0 Å². The number of hydrogen-bond acceptors (Lipinski definition) is 2. The first kappa shape index (κ1) is 12.4. The van der Waals surface area contributed by atoms with Crippen LogP contribution in [0.2, 0.25) is 0 Å². The van der Waals surface area contributed by atoms with Crippen LogP contribution < -0.4 is 0 Å². The van der Waals surface area contributed by atoms with Gasteiger partial charge in [0.15, 0.2) is 0 Å². The van der Waals surface area contributed by atoms with Crippen molar-refractivity contribution >= 4 is 0 Å². The molecule has 1 aromatic carbocycles. The van der Waals surface area contributed by atoms with E-state index in [1.54, 1.807) is 6.07 Å². The average molecular weight is 233 g/mol. The van der Waals surface area contributed by atoms with Gasteiger partial charge in [0, 0.05) is 18.2 Å². The van der Waals surface area contributed by atoms with Gasteiger partial charge in [-0.05, 0) is 38.3 Å². The van der Waals surface area contributed by atoms with Gasteiger partial charge < -0.3 is 5.11 Å². The van der Waals surface area contributed by atoms with E-state index in [0.29, 0.717) is 11.8 Å². The summed E-state index contributed by atoms with van der Waals surface area (Å²) >= 11 is 0. The van der Waals surface area contributed by atoms with Gasteiger partial charge in [0.1, 0.15) is 5.75 Å². The number of benzene rings is 1. The van der Waals surface area contributed by atoms with Crippen LogP contribution in [0.1, 0.15) is 44.7 Å². The highest BCUT2D eigenvalue weighted by atomic mass is 16.3. The Hall–Kier alpha value is -1.02. The van der Waals surface area contributed by atoms with Crippen molar-refractivity contribution in [1.29, 1.82) is 0 Å². The lowest BCUT2D eigenvalue weighted by Gasteiger charge is -2.36. The molecule has 1 fully saturated rings. The maximum Gasteiger partial charge on any atom is 0.120 e. The van der Waals surface area contributed by atoms with Gasteiger partial charge in [-0.15, -0.1) is 0 Å². The average Bonchev–Trinajstić information content (AvgIpc) is 2.38. The highest BCUT2D eigenvalue weighted by molar-refractivity contribution is 5.34. The number of likely N-dealkylation sites (tertiary alicyclic amines) is 1. The van der Waals surface area contributed by atoms with Gasteiger partial charge in [-0.2, -0.15) is 0 Å². The van der Waals surface area contributed by atoms with Crippen LogP contribution in [0, 0.1) is 5.92 Å². The molecule has 2 rings (SSSR count). The number of nitrogens with zero attached hydrogens (tertiary/aromatic N) is 1. The highest BCUT2D eigenvalue weighted by Gasteiger charge is 2.24. The topological polar surface area (TPSA) is 23.5 Å². The van der Waals surface area contributed by atoms with Crippen LogP contribution in [-0.2, 0) is 0 Å². The van der Waals surface area contributed by atoms with E-state index in [0.717, 1.165) is 18.0 Å². The molecule has 1 heterocycles. The molecule has 1 saturated heterocycles. The molecule has 1 aliphatic heterocycles. The molecule has 1 N–H and O–H groups in total. The van der Waals surface area contributed by atoms with Crippen molar-refractivity contribution in [2.75, 3.05) is 13.1 Å². The van der Waals surface area contributed by atoms with Crippen LogP contribution in [0.3, 0.4) is 0 Å². The Balaban J connectivity index is 2.09. The normalized spacial score (nSPS) is 23.5. The van der Waals surface area contributed by atoms with E-state index in [-0.39, 0.29) is 0 Å². The minimum absolute atomic E-state index is 0.325. The summed E-state index contributed by atoms with van der Waals surface area (Å²) in [7, 11) is 0. The zero-order valence-corrected chi connectivity index (χ0v) is 10.9. The lowest BCUT2D eigenvalue weighted by Crippen LogP contribution is -2.37. The first-order chi connectivity index (χ1) is 8.22. The summed E-state index contributed by atoms with van der Waals surface area (Å²) in [5.74, 6) is 1.26. The molecule has 2 atom stereocenters. The van der Waals surface area contributed by atoms with Crippen LogP contribution >= 0.6 is 0 Å². The molecule has 1 aromatic rings. The number of aromatic hydroxyl groups is 1. The van der Waals surface area contributed by atoms with E-state index in [2.05, 4.69) is 18.7 Å². The predicted octanol–water partition coefficient (Wildman–Crippen LogP) is 3.58. The summed E-state index contributed by atoms with van der Waals surface area (Å²) in [6.07, 6.45) is 3.92. The summed E-state index contributed by atoms with van der Waals surface area (Å²) in [6.45, 7) is 6.81. The fourth-order valence-corrected chi connectivity index (χ4v) is 2.82. The Kier molecular flexibility index (Phi) is 4.06. The van der Waals surface area contributed by atoms with Crippen molar-refractivity contribution in [3.8, 4) is 5.75 Å². The van der Waals surface area contributed by atoms with Crippen LogP contribution in [0.15, 0.2) is 24.3 Å². The fourth-order valence-electron chi connectivity index (χ4n) is 2.82. The molecule has 2 heteroatoms. The molecule has 0 bridgehead atoms. The Bertz CT molecular complexity index is 364. The second kappa shape index (κ2) is 5.54. The van der Waals surface area contributed by atoms with Crippen LogP contribution in [0.5, 0.6) is 5.75 Å². The minimum Gasteiger partial charge on any atom is -0.508 e. The Labute approximate surface area is 104 Å². The molecule has 0 aromatic heterocycles. The molecule has 0 aliphatic carbocycles. The maximum atomic E-state index is 9.91. The number of piperidine rings is 1. The molecule has 0 saturated carbocycles. The smallest absolute Gasteiger partial charge is 0.120 e. The van der Waals surface area contributed by atoms with Crippen molar-refractivity contribution in [3.63, 3.8) is 0 Å². The zero-order valence-electron chi connectivity index (χ0n) is 10.9. The zero-order chi connectivity index (χ0) is 12.3. The largest absolute Gasteiger partial charge is 0.508 e. The summed E-state index contributed by atoms with van der Waals surface area (Å²) in [6, 6.07) is 8.04.